The Morgan fingerprint density at radius 2 is 2.08 bits per heavy atom. The maximum Gasteiger partial charge on any atom is 0.191 e. The minimum absolute atomic E-state index is 0.556. The van der Waals surface area contributed by atoms with Crippen molar-refractivity contribution in [2.75, 3.05) is 26.2 Å². The average Bonchev–Trinajstić information content (AvgIpc) is 3.42. The number of nitrogens with zero attached hydrogens (tertiary/aromatic N) is 3. The summed E-state index contributed by atoms with van der Waals surface area (Å²) in [6.45, 7) is 8.42. The molecule has 2 aliphatic rings. The van der Waals surface area contributed by atoms with Crippen molar-refractivity contribution in [3.63, 3.8) is 0 Å². The Balaban J connectivity index is 1.47. The Morgan fingerprint density at radius 3 is 2.75 bits per heavy atom. The van der Waals surface area contributed by atoms with E-state index in [9.17, 15) is 0 Å². The third-order valence-electron chi connectivity index (χ3n) is 5.07. The van der Waals surface area contributed by atoms with E-state index in [1.807, 2.05) is 12.4 Å². The van der Waals surface area contributed by atoms with Crippen molar-refractivity contribution < 1.29 is 0 Å². The topological polar surface area (TPSA) is 52.6 Å². The van der Waals surface area contributed by atoms with Gasteiger partial charge in [-0.15, -0.1) is 0 Å². The lowest BCUT2D eigenvalue weighted by atomic mass is 10.1. The summed E-state index contributed by atoms with van der Waals surface area (Å²) in [7, 11) is 0. The lowest BCUT2D eigenvalue weighted by Crippen LogP contribution is -2.49. The molecule has 24 heavy (non-hydrogen) atoms. The third kappa shape index (κ3) is 4.94. The molecule has 1 saturated heterocycles. The Bertz CT molecular complexity index is 544. The second kappa shape index (κ2) is 8.47. The summed E-state index contributed by atoms with van der Waals surface area (Å²) < 4.78 is 0. The van der Waals surface area contributed by atoms with Crippen LogP contribution in [0.25, 0.3) is 0 Å². The summed E-state index contributed by atoms with van der Waals surface area (Å²) in [4.78, 5) is 11.6. The zero-order valence-corrected chi connectivity index (χ0v) is 15.1. The monoisotopic (exact) mass is 329 g/mol. The molecule has 0 bridgehead atoms. The molecule has 2 N–H and O–H groups in total. The number of nitrogens with one attached hydrogen (secondary N) is 2. The van der Waals surface area contributed by atoms with E-state index in [0.29, 0.717) is 6.04 Å². The fourth-order valence-electron chi connectivity index (χ4n) is 3.43. The van der Waals surface area contributed by atoms with E-state index >= 15 is 0 Å². The second-order valence-corrected chi connectivity index (χ2v) is 7.00. The van der Waals surface area contributed by atoms with Gasteiger partial charge in [-0.25, -0.2) is 0 Å². The number of aryl methyl sites for hydroxylation is 1. The van der Waals surface area contributed by atoms with Crippen molar-refractivity contribution in [1.29, 1.82) is 0 Å². The van der Waals surface area contributed by atoms with E-state index in [0.717, 1.165) is 31.5 Å². The number of guanidine groups is 1. The van der Waals surface area contributed by atoms with Gasteiger partial charge in [0.25, 0.3) is 0 Å². The van der Waals surface area contributed by atoms with Gasteiger partial charge in [-0.1, -0.05) is 0 Å². The third-order valence-corrected chi connectivity index (χ3v) is 5.07. The van der Waals surface area contributed by atoms with Crippen molar-refractivity contribution in [3.8, 4) is 0 Å². The zero-order valence-electron chi connectivity index (χ0n) is 15.1. The zero-order chi connectivity index (χ0) is 16.8. The standard InChI is InChI=1S/C19H31N5/c1-3-21-19(22-11-7-16-6-10-20-14-15(16)2)23-17-8-12-24(13-9-17)18-4-5-18/h6,10,14,17-18H,3-5,7-9,11-13H2,1-2H3,(H2,21,22,23). The normalized spacial score (nSPS) is 20.2. The number of hydrogen-bond acceptors (Lipinski definition) is 3. The Morgan fingerprint density at radius 1 is 1.29 bits per heavy atom. The molecule has 1 aliphatic heterocycles. The smallest absolute Gasteiger partial charge is 0.191 e. The number of aromatic nitrogens is 1. The Kier molecular flexibility index (Phi) is 6.07. The average molecular weight is 329 g/mol. The highest BCUT2D eigenvalue weighted by atomic mass is 15.2. The van der Waals surface area contributed by atoms with Crippen LogP contribution in [-0.2, 0) is 6.42 Å². The molecule has 0 spiro atoms. The van der Waals surface area contributed by atoms with Gasteiger partial charge in [-0.3, -0.25) is 9.98 Å². The molecule has 3 rings (SSSR count). The van der Waals surface area contributed by atoms with Gasteiger partial charge >= 0.3 is 0 Å². The first-order valence-corrected chi connectivity index (χ1v) is 9.44. The maximum atomic E-state index is 4.77. The molecule has 5 nitrogen and oxygen atoms in total. The lowest BCUT2D eigenvalue weighted by Gasteiger charge is -2.33. The first kappa shape index (κ1) is 17.2. The highest BCUT2D eigenvalue weighted by Gasteiger charge is 2.31. The quantitative estimate of drug-likeness (QED) is 0.620. The minimum atomic E-state index is 0.556. The number of piperidine rings is 1. The predicted molar refractivity (Wildman–Crippen MR) is 99.4 cm³/mol. The highest BCUT2D eigenvalue weighted by molar-refractivity contribution is 5.80. The van der Waals surface area contributed by atoms with Crippen LogP contribution in [0, 0.1) is 6.92 Å². The van der Waals surface area contributed by atoms with Crippen LogP contribution in [0.15, 0.2) is 23.5 Å². The first-order chi connectivity index (χ1) is 11.8. The summed E-state index contributed by atoms with van der Waals surface area (Å²) in [6, 6.07) is 3.55. The SMILES string of the molecule is CCNC(=NCCc1ccncc1C)NC1CCN(C2CC2)CC1. The molecule has 0 radical (unpaired) electrons. The van der Waals surface area contributed by atoms with Gasteiger partial charge in [0.1, 0.15) is 0 Å². The molecule has 0 unspecified atom stereocenters. The first-order valence-electron chi connectivity index (χ1n) is 9.44. The van der Waals surface area contributed by atoms with Crippen LogP contribution in [0.1, 0.15) is 43.7 Å². The largest absolute Gasteiger partial charge is 0.357 e. The van der Waals surface area contributed by atoms with Crippen molar-refractivity contribution in [2.45, 2.75) is 58.0 Å². The number of pyridine rings is 1. The summed E-state index contributed by atoms with van der Waals surface area (Å²) >= 11 is 0. The molecule has 2 fully saturated rings. The minimum Gasteiger partial charge on any atom is -0.357 e. The van der Waals surface area contributed by atoms with E-state index in [-0.39, 0.29) is 0 Å². The van der Waals surface area contributed by atoms with Gasteiger partial charge in [0.15, 0.2) is 5.96 Å². The molecule has 0 aromatic carbocycles. The molecular formula is C19H31N5. The molecule has 1 aromatic rings. The van der Waals surface area contributed by atoms with Crippen molar-refractivity contribution in [3.05, 3.63) is 29.6 Å². The second-order valence-electron chi connectivity index (χ2n) is 7.00. The number of likely N-dealkylation sites (tertiary alicyclic amines) is 1. The molecule has 1 saturated carbocycles. The van der Waals surface area contributed by atoms with Crippen LogP contribution in [0.3, 0.4) is 0 Å². The van der Waals surface area contributed by atoms with E-state index in [4.69, 9.17) is 4.99 Å². The number of hydrogen-bond donors (Lipinski definition) is 2. The van der Waals surface area contributed by atoms with Crippen molar-refractivity contribution in [1.82, 2.24) is 20.5 Å². The van der Waals surface area contributed by atoms with E-state index in [1.54, 1.807) is 0 Å². The lowest BCUT2D eigenvalue weighted by molar-refractivity contribution is 0.197. The van der Waals surface area contributed by atoms with E-state index in [1.165, 1.54) is 49.9 Å². The van der Waals surface area contributed by atoms with Gasteiger partial charge in [-0.05, 0) is 63.1 Å². The molecule has 0 amide bonds. The van der Waals surface area contributed by atoms with Crippen molar-refractivity contribution >= 4 is 5.96 Å². The fourth-order valence-corrected chi connectivity index (χ4v) is 3.43. The highest BCUT2D eigenvalue weighted by Crippen LogP contribution is 2.29. The molecule has 1 aromatic heterocycles. The fraction of sp³-hybridized carbons (Fsp3) is 0.684. The number of aliphatic imine (C=N–C) groups is 1. The van der Waals surface area contributed by atoms with Gasteiger partial charge in [-0.2, -0.15) is 0 Å². The van der Waals surface area contributed by atoms with Crippen LogP contribution < -0.4 is 10.6 Å². The molecule has 1 aliphatic carbocycles. The van der Waals surface area contributed by atoms with Gasteiger partial charge in [0.2, 0.25) is 0 Å². The van der Waals surface area contributed by atoms with E-state index in [2.05, 4.69) is 40.4 Å². The summed E-state index contributed by atoms with van der Waals surface area (Å²) in [5.74, 6) is 0.967. The summed E-state index contributed by atoms with van der Waals surface area (Å²) in [5.41, 5.74) is 2.58. The molecule has 2 heterocycles. The Labute approximate surface area is 146 Å². The van der Waals surface area contributed by atoms with E-state index < -0.39 is 0 Å². The molecule has 0 atom stereocenters. The van der Waals surface area contributed by atoms with Gasteiger partial charge in [0.05, 0.1) is 0 Å². The molecular weight excluding hydrogens is 298 g/mol. The number of rotatable bonds is 6. The predicted octanol–water partition coefficient (Wildman–Crippen LogP) is 2.11. The van der Waals surface area contributed by atoms with Crippen LogP contribution >= 0.6 is 0 Å². The molecule has 132 valence electrons. The maximum absolute atomic E-state index is 4.77. The van der Waals surface area contributed by atoms with Gasteiger partial charge in [0, 0.05) is 50.7 Å². The van der Waals surface area contributed by atoms with Crippen LogP contribution in [0.2, 0.25) is 0 Å². The Hall–Kier alpha value is -1.62. The summed E-state index contributed by atoms with van der Waals surface area (Å²) in [6.07, 6.45) is 10.0. The molecule has 5 heteroatoms. The van der Waals surface area contributed by atoms with Crippen LogP contribution in [-0.4, -0.2) is 54.1 Å². The summed E-state index contributed by atoms with van der Waals surface area (Å²) in [5, 5.41) is 7.03. The van der Waals surface area contributed by atoms with Crippen LogP contribution in [0.5, 0.6) is 0 Å². The van der Waals surface area contributed by atoms with Crippen LogP contribution in [0.4, 0.5) is 0 Å². The van der Waals surface area contributed by atoms with Crippen molar-refractivity contribution in [2.24, 2.45) is 4.99 Å². The van der Waals surface area contributed by atoms with Gasteiger partial charge < -0.3 is 15.5 Å².